The molecule has 0 saturated carbocycles. The van der Waals surface area contributed by atoms with Gasteiger partial charge in [-0.25, -0.2) is 9.97 Å². The van der Waals surface area contributed by atoms with E-state index in [4.69, 9.17) is 4.74 Å². The van der Waals surface area contributed by atoms with Crippen LogP contribution in [0.3, 0.4) is 0 Å². The Balaban J connectivity index is 1.17. The van der Waals surface area contributed by atoms with E-state index >= 15 is 0 Å². The number of hydrogen-bond donors (Lipinski definition) is 0. The maximum Gasteiger partial charge on any atom is 0.239 e. The SMILES string of the molecule is Cc1cc(-c2nc(C#N)nc3c2ncn3C)ccc1OCCC1CCN(C(=O)[C@H]2CCCN2C)CC1. The number of piperidine rings is 1. The largest absolute Gasteiger partial charge is 0.493 e. The first-order chi connectivity index (χ1) is 17.4. The van der Waals surface area contributed by atoms with E-state index in [1.165, 1.54) is 0 Å². The number of fused-ring (bicyclic) bond motifs is 1. The van der Waals surface area contributed by atoms with Crippen molar-refractivity contribution in [2.75, 3.05) is 33.3 Å². The number of ether oxygens (including phenoxy) is 1. The van der Waals surface area contributed by atoms with Crippen LogP contribution in [0.5, 0.6) is 5.75 Å². The minimum Gasteiger partial charge on any atom is -0.493 e. The standard InChI is InChI=1S/C27H33N7O2/c1-18-15-20(24-25-26(33(3)17-29-25)31-23(16-28)30-24)6-7-22(18)36-14-10-19-8-12-34(13-9-19)27(35)21-5-4-11-32(21)2/h6-7,15,17,19,21H,4-5,8-14H2,1-3H3/t21-/m1/s1. The number of carbonyl (C=O) groups is 1. The average molecular weight is 488 g/mol. The van der Waals surface area contributed by atoms with Crippen LogP contribution in [0.2, 0.25) is 0 Å². The number of amides is 1. The molecule has 0 aliphatic carbocycles. The monoisotopic (exact) mass is 487 g/mol. The lowest BCUT2D eigenvalue weighted by molar-refractivity contribution is -0.137. The van der Waals surface area contributed by atoms with Gasteiger partial charge in [0.1, 0.15) is 23.0 Å². The van der Waals surface area contributed by atoms with E-state index in [0.717, 1.165) is 68.6 Å². The van der Waals surface area contributed by atoms with E-state index in [2.05, 4.69) is 31.8 Å². The van der Waals surface area contributed by atoms with Crippen molar-refractivity contribution in [3.05, 3.63) is 35.9 Å². The number of hydrogen-bond acceptors (Lipinski definition) is 7. The highest BCUT2D eigenvalue weighted by atomic mass is 16.5. The number of aryl methyl sites for hydroxylation is 2. The Morgan fingerprint density at radius 3 is 2.67 bits per heavy atom. The van der Waals surface area contributed by atoms with Gasteiger partial charge in [-0.05, 0) is 82.3 Å². The molecule has 0 N–H and O–H groups in total. The van der Waals surface area contributed by atoms with Gasteiger partial charge in [0, 0.05) is 25.7 Å². The van der Waals surface area contributed by atoms with Crippen LogP contribution in [-0.2, 0) is 11.8 Å². The van der Waals surface area contributed by atoms with E-state index in [9.17, 15) is 10.1 Å². The van der Waals surface area contributed by atoms with E-state index in [-0.39, 0.29) is 11.9 Å². The molecule has 36 heavy (non-hydrogen) atoms. The zero-order valence-electron chi connectivity index (χ0n) is 21.3. The maximum atomic E-state index is 12.8. The van der Waals surface area contributed by atoms with Crippen LogP contribution >= 0.6 is 0 Å². The second-order valence-electron chi connectivity index (χ2n) is 10.1. The van der Waals surface area contributed by atoms with Crippen LogP contribution in [-0.4, -0.2) is 74.6 Å². The summed E-state index contributed by atoms with van der Waals surface area (Å²) in [5.74, 6) is 1.87. The Morgan fingerprint density at radius 2 is 1.97 bits per heavy atom. The summed E-state index contributed by atoms with van der Waals surface area (Å²) in [6.45, 7) is 5.41. The van der Waals surface area contributed by atoms with E-state index in [0.29, 0.717) is 35.3 Å². The van der Waals surface area contributed by atoms with Crippen molar-refractivity contribution in [1.82, 2.24) is 29.3 Å². The summed E-state index contributed by atoms with van der Waals surface area (Å²) in [7, 11) is 3.91. The first-order valence-corrected chi connectivity index (χ1v) is 12.8. The first-order valence-electron chi connectivity index (χ1n) is 12.8. The molecule has 188 valence electrons. The highest BCUT2D eigenvalue weighted by Crippen LogP contribution is 2.30. The van der Waals surface area contributed by atoms with Crippen LogP contribution < -0.4 is 4.74 Å². The van der Waals surface area contributed by atoms with Gasteiger partial charge in [-0.2, -0.15) is 10.2 Å². The fourth-order valence-corrected chi connectivity index (χ4v) is 5.43. The Labute approximate surface area is 211 Å². The van der Waals surface area contributed by atoms with Crippen molar-refractivity contribution in [3.63, 3.8) is 0 Å². The van der Waals surface area contributed by atoms with Gasteiger partial charge < -0.3 is 14.2 Å². The molecule has 1 atom stereocenters. The number of aromatic nitrogens is 4. The Bertz CT molecular complexity index is 1300. The molecule has 0 radical (unpaired) electrons. The van der Waals surface area contributed by atoms with Crippen molar-refractivity contribution >= 4 is 17.1 Å². The molecule has 4 heterocycles. The van der Waals surface area contributed by atoms with Crippen LogP contribution in [0.1, 0.15) is 43.5 Å². The van der Waals surface area contributed by atoms with Crippen LogP contribution in [0.25, 0.3) is 22.4 Å². The molecule has 2 aliphatic rings. The summed E-state index contributed by atoms with van der Waals surface area (Å²) in [6, 6.07) is 8.08. The molecule has 2 fully saturated rings. The number of nitriles is 1. The lowest BCUT2D eigenvalue weighted by atomic mass is 9.93. The second kappa shape index (κ2) is 10.2. The summed E-state index contributed by atoms with van der Waals surface area (Å²) in [5.41, 5.74) is 3.85. The fourth-order valence-electron chi connectivity index (χ4n) is 5.43. The van der Waals surface area contributed by atoms with Crippen molar-refractivity contribution in [1.29, 1.82) is 5.26 Å². The fraction of sp³-hybridized carbons (Fsp3) is 0.519. The average Bonchev–Trinajstić information content (AvgIpc) is 3.49. The van der Waals surface area contributed by atoms with Crippen LogP contribution in [0.4, 0.5) is 0 Å². The zero-order valence-corrected chi connectivity index (χ0v) is 21.3. The molecule has 0 bridgehead atoms. The van der Waals surface area contributed by atoms with Gasteiger partial charge in [0.05, 0.1) is 19.0 Å². The summed E-state index contributed by atoms with van der Waals surface area (Å²) in [5, 5.41) is 9.36. The third-order valence-electron chi connectivity index (χ3n) is 7.62. The molecular weight excluding hydrogens is 454 g/mol. The number of nitrogens with zero attached hydrogens (tertiary/aromatic N) is 7. The van der Waals surface area contributed by atoms with Crippen LogP contribution in [0.15, 0.2) is 24.5 Å². The van der Waals surface area contributed by atoms with Crippen molar-refractivity contribution in [3.8, 4) is 23.1 Å². The highest BCUT2D eigenvalue weighted by Gasteiger charge is 2.33. The van der Waals surface area contributed by atoms with Gasteiger partial charge in [-0.15, -0.1) is 0 Å². The number of rotatable bonds is 6. The third kappa shape index (κ3) is 4.78. The lowest BCUT2D eigenvalue weighted by Gasteiger charge is -2.34. The number of benzene rings is 1. The summed E-state index contributed by atoms with van der Waals surface area (Å²) >= 11 is 0. The molecule has 0 unspecified atom stereocenters. The molecule has 2 aliphatic heterocycles. The van der Waals surface area contributed by atoms with E-state index in [1.807, 2.05) is 38.2 Å². The summed E-state index contributed by atoms with van der Waals surface area (Å²) in [6.07, 6.45) is 6.86. The van der Waals surface area contributed by atoms with Crippen molar-refractivity contribution < 1.29 is 9.53 Å². The molecule has 2 aromatic heterocycles. The minimum atomic E-state index is 0.0819. The first kappa shape index (κ1) is 24.2. The van der Waals surface area contributed by atoms with Crippen LogP contribution in [0, 0.1) is 24.2 Å². The van der Waals surface area contributed by atoms with E-state index < -0.39 is 0 Å². The molecule has 2 saturated heterocycles. The number of likely N-dealkylation sites (N-methyl/N-ethyl adjacent to an activating group) is 1. The predicted molar refractivity (Wildman–Crippen MR) is 136 cm³/mol. The van der Waals surface area contributed by atoms with Gasteiger partial charge in [-0.1, -0.05) is 0 Å². The van der Waals surface area contributed by atoms with Gasteiger partial charge >= 0.3 is 0 Å². The second-order valence-corrected chi connectivity index (χ2v) is 10.1. The topological polar surface area (TPSA) is 100 Å². The van der Waals surface area contributed by atoms with E-state index in [1.54, 1.807) is 10.9 Å². The smallest absolute Gasteiger partial charge is 0.239 e. The lowest BCUT2D eigenvalue weighted by Crippen LogP contribution is -2.47. The Morgan fingerprint density at radius 1 is 1.17 bits per heavy atom. The van der Waals surface area contributed by atoms with Crippen molar-refractivity contribution in [2.24, 2.45) is 13.0 Å². The molecular formula is C27H33N7O2. The van der Waals surface area contributed by atoms with Gasteiger partial charge in [0.2, 0.25) is 11.7 Å². The number of imidazole rings is 1. The Hall–Kier alpha value is -3.51. The molecule has 0 spiro atoms. The predicted octanol–water partition coefficient (Wildman–Crippen LogP) is 3.31. The molecule has 5 rings (SSSR count). The third-order valence-corrected chi connectivity index (χ3v) is 7.62. The molecule has 1 aromatic carbocycles. The normalized spacial score (nSPS) is 19.1. The van der Waals surface area contributed by atoms with Gasteiger partial charge in [-0.3, -0.25) is 9.69 Å². The van der Waals surface area contributed by atoms with Gasteiger partial charge in [0.15, 0.2) is 5.65 Å². The molecule has 1 amide bonds. The van der Waals surface area contributed by atoms with Gasteiger partial charge in [0.25, 0.3) is 0 Å². The number of carbonyl (C=O) groups excluding carboxylic acids is 1. The minimum absolute atomic E-state index is 0.0819. The molecule has 3 aromatic rings. The Kier molecular flexibility index (Phi) is 6.88. The zero-order chi connectivity index (χ0) is 25.2. The van der Waals surface area contributed by atoms with Crippen molar-refractivity contribution in [2.45, 2.75) is 45.1 Å². The summed E-state index contributed by atoms with van der Waals surface area (Å²) in [4.78, 5) is 30.2. The number of likely N-dealkylation sites (tertiary alicyclic amines) is 2. The molecule has 9 heteroatoms. The maximum absolute atomic E-state index is 12.8. The quantitative estimate of drug-likeness (QED) is 0.526. The molecule has 9 nitrogen and oxygen atoms in total. The summed E-state index contributed by atoms with van der Waals surface area (Å²) < 4.78 is 7.94. The highest BCUT2D eigenvalue weighted by molar-refractivity contribution is 5.88.